The van der Waals surface area contributed by atoms with Gasteiger partial charge in [0.05, 0.1) is 12.3 Å². The normalized spacial score (nSPS) is 15.4. The summed E-state index contributed by atoms with van der Waals surface area (Å²) in [5.41, 5.74) is 1.96. The maximum absolute atomic E-state index is 12.4. The molecule has 5 heteroatoms. The number of benzene rings is 1. The molecule has 134 valence electrons. The van der Waals surface area contributed by atoms with Crippen molar-refractivity contribution >= 4 is 5.91 Å². The van der Waals surface area contributed by atoms with Crippen LogP contribution in [0.3, 0.4) is 0 Å². The van der Waals surface area contributed by atoms with E-state index in [1.165, 1.54) is 0 Å². The monoisotopic (exact) mass is 342 g/mol. The highest BCUT2D eigenvalue weighted by Gasteiger charge is 2.23. The summed E-state index contributed by atoms with van der Waals surface area (Å²) >= 11 is 0. The summed E-state index contributed by atoms with van der Waals surface area (Å²) < 4.78 is 11.0. The molecule has 5 nitrogen and oxygen atoms in total. The van der Waals surface area contributed by atoms with E-state index < -0.39 is 0 Å². The number of piperidine rings is 1. The molecule has 2 aromatic rings. The molecule has 2 heterocycles. The SMILES string of the molecule is Cc1noc(C)c1CCC(=O)N1CCC(COc2ccccc2)CC1. The van der Waals surface area contributed by atoms with Crippen LogP contribution in [0.5, 0.6) is 5.75 Å². The molecule has 25 heavy (non-hydrogen) atoms. The van der Waals surface area contributed by atoms with Crippen molar-refractivity contribution in [3.63, 3.8) is 0 Å². The molecular weight excluding hydrogens is 316 g/mol. The highest BCUT2D eigenvalue weighted by atomic mass is 16.5. The first kappa shape index (κ1) is 17.5. The van der Waals surface area contributed by atoms with Crippen molar-refractivity contribution in [3.8, 4) is 5.75 Å². The number of aromatic nitrogens is 1. The Morgan fingerprint density at radius 1 is 1.24 bits per heavy atom. The molecule has 1 aromatic heterocycles. The largest absolute Gasteiger partial charge is 0.493 e. The van der Waals surface area contributed by atoms with E-state index in [9.17, 15) is 4.79 Å². The Labute approximate surface area is 148 Å². The summed E-state index contributed by atoms with van der Waals surface area (Å²) in [5, 5.41) is 3.95. The van der Waals surface area contributed by atoms with E-state index in [1.807, 2.05) is 49.1 Å². The van der Waals surface area contributed by atoms with Gasteiger partial charge in [-0.2, -0.15) is 0 Å². The number of nitrogens with zero attached hydrogens (tertiary/aromatic N) is 2. The van der Waals surface area contributed by atoms with Gasteiger partial charge in [0.15, 0.2) is 0 Å². The minimum absolute atomic E-state index is 0.224. The third-order valence-electron chi connectivity index (χ3n) is 4.97. The van der Waals surface area contributed by atoms with Gasteiger partial charge in [0.1, 0.15) is 11.5 Å². The van der Waals surface area contributed by atoms with Crippen LogP contribution in [0.4, 0.5) is 0 Å². The van der Waals surface area contributed by atoms with Crippen LogP contribution in [0, 0.1) is 19.8 Å². The van der Waals surface area contributed by atoms with Gasteiger partial charge in [-0.1, -0.05) is 23.4 Å². The van der Waals surface area contributed by atoms with Gasteiger partial charge in [0.2, 0.25) is 5.91 Å². The van der Waals surface area contributed by atoms with Crippen molar-refractivity contribution in [2.75, 3.05) is 19.7 Å². The molecule has 1 aliphatic rings. The van der Waals surface area contributed by atoms with Crippen molar-refractivity contribution in [2.45, 2.75) is 39.5 Å². The second-order valence-corrected chi connectivity index (χ2v) is 6.75. The number of carbonyl (C=O) groups is 1. The van der Waals surface area contributed by atoms with Crippen LogP contribution < -0.4 is 4.74 Å². The van der Waals surface area contributed by atoms with Crippen molar-refractivity contribution in [1.82, 2.24) is 10.1 Å². The van der Waals surface area contributed by atoms with Gasteiger partial charge in [-0.15, -0.1) is 0 Å². The summed E-state index contributed by atoms with van der Waals surface area (Å²) in [6.45, 7) is 6.20. The van der Waals surface area contributed by atoms with E-state index in [-0.39, 0.29) is 5.91 Å². The topological polar surface area (TPSA) is 55.6 Å². The molecule has 0 unspecified atom stereocenters. The van der Waals surface area contributed by atoms with Gasteiger partial charge in [-0.05, 0) is 51.2 Å². The van der Waals surface area contributed by atoms with Crippen molar-refractivity contribution in [2.24, 2.45) is 5.92 Å². The van der Waals surface area contributed by atoms with Crippen molar-refractivity contribution in [3.05, 3.63) is 47.3 Å². The number of hydrogen-bond acceptors (Lipinski definition) is 4. The zero-order valence-electron chi connectivity index (χ0n) is 15.0. The Balaban J connectivity index is 1.40. The highest BCUT2D eigenvalue weighted by Crippen LogP contribution is 2.21. The maximum Gasteiger partial charge on any atom is 0.222 e. The second-order valence-electron chi connectivity index (χ2n) is 6.75. The van der Waals surface area contributed by atoms with E-state index in [4.69, 9.17) is 9.26 Å². The molecular formula is C20H26N2O3. The van der Waals surface area contributed by atoms with Gasteiger partial charge in [0.25, 0.3) is 0 Å². The average molecular weight is 342 g/mol. The van der Waals surface area contributed by atoms with E-state index in [2.05, 4.69) is 5.16 Å². The number of likely N-dealkylation sites (tertiary alicyclic amines) is 1. The molecule has 3 rings (SSSR count). The van der Waals surface area contributed by atoms with Crippen LogP contribution in [0.1, 0.15) is 36.3 Å². The molecule has 1 amide bonds. The summed E-state index contributed by atoms with van der Waals surface area (Å²) in [6.07, 6.45) is 3.24. The Morgan fingerprint density at radius 2 is 1.96 bits per heavy atom. The number of rotatable bonds is 6. The smallest absolute Gasteiger partial charge is 0.222 e. The first-order chi connectivity index (χ1) is 12.1. The zero-order valence-corrected chi connectivity index (χ0v) is 15.0. The highest BCUT2D eigenvalue weighted by molar-refractivity contribution is 5.76. The van der Waals surface area contributed by atoms with Gasteiger partial charge >= 0.3 is 0 Å². The number of para-hydroxylation sites is 1. The fraction of sp³-hybridized carbons (Fsp3) is 0.500. The Hall–Kier alpha value is -2.30. The van der Waals surface area contributed by atoms with E-state index >= 15 is 0 Å². The van der Waals surface area contributed by atoms with E-state index in [0.29, 0.717) is 18.8 Å². The lowest BCUT2D eigenvalue weighted by Crippen LogP contribution is -2.39. The lowest BCUT2D eigenvalue weighted by Gasteiger charge is -2.32. The zero-order chi connectivity index (χ0) is 17.6. The predicted molar refractivity (Wildman–Crippen MR) is 95.5 cm³/mol. The first-order valence-corrected chi connectivity index (χ1v) is 9.01. The third kappa shape index (κ3) is 4.62. The average Bonchev–Trinajstić information content (AvgIpc) is 2.97. The summed E-state index contributed by atoms with van der Waals surface area (Å²) in [7, 11) is 0. The molecule has 1 aromatic carbocycles. The fourth-order valence-corrected chi connectivity index (χ4v) is 3.33. The van der Waals surface area contributed by atoms with Crippen LogP contribution in [0.25, 0.3) is 0 Å². The number of hydrogen-bond donors (Lipinski definition) is 0. The molecule has 0 spiro atoms. The molecule has 0 N–H and O–H groups in total. The minimum atomic E-state index is 0.224. The number of amides is 1. The van der Waals surface area contributed by atoms with E-state index in [0.717, 1.165) is 55.3 Å². The van der Waals surface area contributed by atoms with Crippen LogP contribution in [-0.4, -0.2) is 35.7 Å². The fourth-order valence-electron chi connectivity index (χ4n) is 3.33. The quantitative estimate of drug-likeness (QED) is 0.806. The molecule has 1 aliphatic heterocycles. The Bertz CT molecular complexity index is 669. The lowest BCUT2D eigenvalue weighted by atomic mass is 9.97. The van der Waals surface area contributed by atoms with Gasteiger partial charge in [0, 0.05) is 25.1 Å². The van der Waals surface area contributed by atoms with Gasteiger partial charge in [-0.3, -0.25) is 4.79 Å². The number of aryl methyl sites for hydroxylation is 2. The summed E-state index contributed by atoms with van der Waals surface area (Å²) in [5.74, 6) is 2.48. The molecule has 1 saturated heterocycles. The summed E-state index contributed by atoms with van der Waals surface area (Å²) in [6, 6.07) is 9.91. The molecule has 0 bridgehead atoms. The molecule has 0 atom stereocenters. The third-order valence-corrected chi connectivity index (χ3v) is 4.97. The number of carbonyl (C=O) groups excluding carboxylic acids is 1. The summed E-state index contributed by atoms with van der Waals surface area (Å²) in [4.78, 5) is 14.4. The molecule has 1 fully saturated rings. The lowest BCUT2D eigenvalue weighted by molar-refractivity contribution is -0.132. The Kier molecular flexibility index (Phi) is 5.74. The van der Waals surface area contributed by atoms with Crippen LogP contribution in [0.15, 0.2) is 34.9 Å². The maximum atomic E-state index is 12.4. The van der Waals surface area contributed by atoms with Crippen LogP contribution in [-0.2, 0) is 11.2 Å². The van der Waals surface area contributed by atoms with Gasteiger partial charge < -0.3 is 14.2 Å². The molecule has 0 saturated carbocycles. The van der Waals surface area contributed by atoms with Crippen molar-refractivity contribution in [1.29, 1.82) is 0 Å². The molecule has 0 radical (unpaired) electrons. The first-order valence-electron chi connectivity index (χ1n) is 9.01. The van der Waals surface area contributed by atoms with Gasteiger partial charge in [-0.25, -0.2) is 0 Å². The van der Waals surface area contributed by atoms with E-state index in [1.54, 1.807) is 0 Å². The van der Waals surface area contributed by atoms with Crippen LogP contribution in [0.2, 0.25) is 0 Å². The van der Waals surface area contributed by atoms with Crippen molar-refractivity contribution < 1.29 is 14.1 Å². The number of ether oxygens (including phenoxy) is 1. The standard InChI is InChI=1S/C20H26N2O3/c1-15-19(16(2)25-21-15)8-9-20(23)22-12-10-17(11-13-22)14-24-18-6-4-3-5-7-18/h3-7,17H,8-14H2,1-2H3. The molecule has 0 aliphatic carbocycles. The predicted octanol–water partition coefficient (Wildman–Crippen LogP) is 3.54. The van der Waals surface area contributed by atoms with Crippen LogP contribution >= 0.6 is 0 Å². The second kappa shape index (κ2) is 8.19. The Morgan fingerprint density at radius 3 is 2.60 bits per heavy atom. The minimum Gasteiger partial charge on any atom is -0.493 e.